The predicted molar refractivity (Wildman–Crippen MR) is 67.7 cm³/mol. The minimum atomic E-state index is -0.557. The van der Waals surface area contributed by atoms with E-state index in [0.717, 1.165) is 19.3 Å². The van der Waals surface area contributed by atoms with Crippen molar-refractivity contribution < 1.29 is 14.5 Å². The lowest BCUT2D eigenvalue weighted by atomic mass is 10.0. The van der Waals surface area contributed by atoms with Crippen LogP contribution in [0.1, 0.15) is 42.1 Å². The zero-order valence-electron chi connectivity index (χ0n) is 10.6. The largest absolute Gasteiger partial charge is 0.465 e. The van der Waals surface area contributed by atoms with Gasteiger partial charge in [0.25, 0.3) is 5.69 Å². The number of methoxy groups -OCH3 is 1. The molecule has 5 heteroatoms. The Morgan fingerprint density at radius 2 is 2.11 bits per heavy atom. The maximum atomic E-state index is 11.3. The molecular weight excluding hydrogens is 234 g/mol. The Bertz CT molecular complexity index is 443. The Morgan fingerprint density at radius 3 is 2.67 bits per heavy atom. The van der Waals surface area contributed by atoms with E-state index in [9.17, 15) is 14.9 Å². The average Bonchev–Trinajstić information content (AvgIpc) is 2.38. The van der Waals surface area contributed by atoms with Crippen LogP contribution in [-0.4, -0.2) is 18.0 Å². The second-order valence-corrected chi connectivity index (χ2v) is 4.05. The fourth-order valence-corrected chi connectivity index (χ4v) is 1.76. The highest BCUT2D eigenvalue weighted by Gasteiger charge is 2.17. The molecule has 18 heavy (non-hydrogen) atoms. The zero-order chi connectivity index (χ0) is 13.5. The van der Waals surface area contributed by atoms with Gasteiger partial charge in [0.05, 0.1) is 17.6 Å². The number of aryl methyl sites for hydroxylation is 1. The van der Waals surface area contributed by atoms with Crippen molar-refractivity contribution >= 4 is 11.7 Å². The lowest BCUT2D eigenvalue weighted by Crippen LogP contribution is -2.04. The molecule has 0 radical (unpaired) electrons. The van der Waals surface area contributed by atoms with Gasteiger partial charge in [0.2, 0.25) is 0 Å². The van der Waals surface area contributed by atoms with E-state index < -0.39 is 10.9 Å². The number of carbonyl (C=O) groups is 1. The number of ether oxygens (including phenoxy) is 1. The van der Waals surface area contributed by atoms with Gasteiger partial charge in [0, 0.05) is 11.6 Å². The van der Waals surface area contributed by atoms with Crippen molar-refractivity contribution in [2.24, 2.45) is 0 Å². The molecular formula is C13H17NO4. The molecule has 0 aliphatic carbocycles. The summed E-state index contributed by atoms with van der Waals surface area (Å²) in [6.07, 6.45) is 3.67. The molecule has 0 bridgehead atoms. The van der Waals surface area contributed by atoms with Crippen LogP contribution in [0.4, 0.5) is 5.69 Å². The molecule has 0 aromatic heterocycles. The number of nitrogens with zero attached hydrogens (tertiary/aromatic N) is 1. The molecule has 0 N–H and O–H groups in total. The Balaban J connectivity index is 2.97. The highest BCUT2D eigenvalue weighted by Crippen LogP contribution is 2.22. The van der Waals surface area contributed by atoms with E-state index in [4.69, 9.17) is 0 Å². The van der Waals surface area contributed by atoms with Gasteiger partial charge < -0.3 is 4.74 Å². The van der Waals surface area contributed by atoms with Crippen LogP contribution in [0.2, 0.25) is 0 Å². The fourth-order valence-electron chi connectivity index (χ4n) is 1.76. The number of unbranched alkanes of at least 4 members (excludes halogenated alkanes) is 2. The molecule has 0 saturated carbocycles. The monoisotopic (exact) mass is 251 g/mol. The van der Waals surface area contributed by atoms with Gasteiger partial charge in [-0.25, -0.2) is 4.79 Å². The third-order valence-corrected chi connectivity index (χ3v) is 2.75. The van der Waals surface area contributed by atoms with Crippen molar-refractivity contribution in [1.82, 2.24) is 0 Å². The third-order valence-electron chi connectivity index (χ3n) is 2.75. The number of rotatable bonds is 6. The number of nitro benzene ring substituents is 1. The maximum absolute atomic E-state index is 11.3. The third kappa shape index (κ3) is 3.55. The van der Waals surface area contributed by atoms with Crippen molar-refractivity contribution in [2.75, 3.05) is 7.11 Å². The lowest BCUT2D eigenvalue weighted by Gasteiger charge is -2.04. The first-order valence-electron chi connectivity index (χ1n) is 5.95. The fraction of sp³-hybridized carbons (Fsp3) is 0.462. The number of benzene rings is 1. The van der Waals surface area contributed by atoms with Gasteiger partial charge in [-0.15, -0.1) is 0 Å². The van der Waals surface area contributed by atoms with Crippen LogP contribution in [0.25, 0.3) is 0 Å². The Morgan fingerprint density at radius 1 is 1.39 bits per heavy atom. The van der Waals surface area contributed by atoms with E-state index in [1.54, 1.807) is 12.1 Å². The summed E-state index contributed by atoms with van der Waals surface area (Å²) in [5, 5.41) is 11.0. The SMILES string of the molecule is CCCCCc1ccc(C(=O)OC)cc1[N+](=O)[O-]. The average molecular weight is 251 g/mol. The molecule has 0 heterocycles. The van der Waals surface area contributed by atoms with Crippen LogP contribution >= 0.6 is 0 Å². The summed E-state index contributed by atoms with van der Waals surface area (Å²) in [5.41, 5.74) is 0.874. The second-order valence-electron chi connectivity index (χ2n) is 4.05. The van der Waals surface area contributed by atoms with Crippen molar-refractivity contribution in [2.45, 2.75) is 32.6 Å². The molecule has 1 rings (SSSR count). The van der Waals surface area contributed by atoms with Gasteiger partial charge in [0.1, 0.15) is 0 Å². The van der Waals surface area contributed by atoms with Gasteiger partial charge >= 0.3 is 5.97 Å². The molecule has 0 atom stereocenters. The molecule has 0 amide bonds. The van der Waals surface area contributed by atoms with Gasteiger partial charge in [-0.05, 0) is 18.9 Å². The van der Waals surface area contributed by atoms with Crippen LogP contribution in [0.15, 0.2) is 18.2 Å². The van der Waals surface area contributed by atoms with E-state index in [-0.39, 0.29) is 11.3 Å². The minimum absolute atomic E-state index is 0.00555. The Hall–Kier alpha value is -1.91. The first-order chi connectivity index (χ1) is 8.60. The summed E-state index contributed by atoms with van der Waals surface area (Å²) in [6.45, 7) is 2.08. The van der Waals surface area contributed by atoms with Crippen LogP contribution in [0.3, 0.4) is 0 Å². The van der Waals surface area contributed by atoms with Crippen LogP contribution in [0, 0.1) is 10.1 Å². The normalized spacial score (nSPS) is 10.1. The Labute approximate surface area is 106 Å². The van der Waals surface area contributed by atoms with E-state index in [2.05, 4.69) is 11.7 Å². The number of hydrogen-bond donors (Lipinski definition) is 0. The number of nitro groups is 1. The summed E-state index contributed by atoms with van der Waals surface area (Å²) in [6, 6.07) is 4.49. The summed E-state index contributed by atoms with van der Waals surface area (Å²) in [5.74, 6) is -0.557. The van der Waals surface area contributed by atoms with E-state index in [1.807, 2.05) is 0 Å². The van der Waals surface area contributed by atoms with Gasteiger partial charge in [-0.3, -0.25) is 10.1 Å². The summed E-state index contributed by atoms with van der Waals surface area (Å²) in [7, 11) is 1.25. The number of hydrogen-bond acceptors (Lipinski definition) is 4. The summed E-state index contributed by atoms with van der Waals surface area (Å²) in [4.78, 5) is 21.8. The molecule has 0 fully saturated rings. The Kier molecular flexibility index (Phi) is 5.30. The minimum Gasteiger partial charge on any atom is -0.465 e. The first kappa shape index (κ1) is 14.2. The molecule has 0 spiro atoms. The molecule has 5 nitrogen and oxygen atoms in total. The maximum Gasteiger partial charge on any atom is 0.338 e. The van der Waals surface area contributed by atoms with Crippen LogP contribution in [0.5, 0.6) is 0 Å². The van der Waals surface area contributed by atoms with Gasteiger partial charge in [-0.2, -0.15) is 0 Å². The zero-order valence-corrected chi connectivity index (χ0v) is 10.6. The first-order valence-corrected chi connectivity index (χ1v) is 5.95. The van der Waals surface area contributed by atoms with Gasteiger partial charge in [-0.1, -0.05) is 25.8 Å². The van der Waals surface area contributed by atoms with Crippen molar-refractivity contribution in [3.8, 4) is 0 Å². The summed E-state index contributed by atoms with van der Waals surface area (Å²) >= 11 is 0. The highest BCUT2D eigenvalue weighted by molar-refractivity contribution is 5.90. The number of esters is 1. The molecule has 0 saturated heterocycles. The smallest absolute Gasteiger partial charge is 0.338 e. The lowest BCUT2D eigenvalue weighted by molar-refractivity contribution is -0.385. The second kappa shape index (κ2) is 6.74. The molecule has 1 aromatic rings. The van der Waals surface area contributed by atoms with Crippen LogP contribution < -0.4 is 0 Å². The van der Waals surface area contributed by atoms with E-state index in [1.165, 1.54) is 13.2 Å². The van der Waals surface area contributed by atoms with Crippen molar-refractivity contribution in [1.29, 1.82) is 0 Å². The van der Waals surface area contributed by atoms with Crippen molar-refractivity contribution in [3.63, 3.8) is 0 Å². The van der Waals surface area contributed by atoms with Crippen LogP contribution in [-0.2, 0) is 11.2 Å². The molecule has 0 aliphatic heterocycles. The summed E-state index contributed by atoms with van der Waals surface area (Å²) < 4.78 is 4.55. The van der Waals surface area contributed by atoms with Crippen molar-refractivity contribution in [3.05, 3.63) is 39.4 Å². The van der Waals surface area contributed by atoms with Gasteiger partial charge in [0.15, 0.2) is 0 Å². The molecule has 0 unspecified atom stereocenters. The predicted octanol–water partition coefficient (Wildman–Crippen LogP) is 3.11. The molecule has 98 valence electrons. The molecule has 1 aromatic carbocycles. The highest BCUT2D eigenvalue weighted by atomic mass is 16.6. The van der Waals surface area contributed by atoms with E-state index in [0.29, 0.717) is 12.0 Å². The topological polar surface area (TPSA) is 69.4 Å². The number of carbonyl (C=O) groups excluding carboxylic acids is 1. The van der Waals surface area contributed by atoms with E-state index >= 15 is 0 Å². The standard InChI is InChI=1S/C13H17NO4/c1-3-4-5-6-10-7-8-11(13(15)18-2)9-12(10)14(16)17/h7-9H,3-6H2,1-2H3. The quantitative estimate of drug-likeness (QED) is 0.337. The molecule has 0 aliphatic rings.